The Morgan fingerprint density at radius 2 is 1.48 bits per heavy atom. The van der Waals surface area contributed by atoms with Gasteiger partial charge >= 0.3 is 5.97 Å². The predicted molar refractivity (Wildman–Crippen MR) is 84.5 cm³/mol. The van der Waals surface area contributed by atoms with Crippen molar-refractivity contribution in [2.45, 2.75) is 35.6 Å². The van der Waals surface area contributed by atoms with E-state index >= 15 is 0 Å². The Morgan fingerprint density at radius 3 is 1.86 bits per heavy atom. The number of anilines is 1. The van der Waals surface area contributed by atoms with Gasteiger partial charge in [0, 0.05) is 17.2 Å². The lowest BCUT2D eigenvalue weighted by atomic mass is 9.95. The summed E-state index contributed by atoms with van der Waals surface area (Å²) in [6, 6.07) is 6.46. The van der Waals surface area contributed by atoms with Crippen molar-refractivity contribution in [1.82, 2.24) is 0 Å². The molecule has 0 saturated heterocycles. The number of carbonyl (C=O) groups excluding carboxylic acids is 2. The number of carbonyl (C=O) groups is 3. The van der Waals surface area contributed by atoms with Crippen LogP contribution in [0, 0.1) is 11.8 Å². The second kappa shape index (κ2) is 8.89. The summed E-state index contributed by atoms with van der Waals surface area (Å²) in [4.78, 5) is 33.7. The number of ketones is 1. The predicted octanol–water partition coefficient (Wildman–Crippen LogP) is 3.46. The maximum Gasteiger partial charge on any atom is 0.307 e. The van der Waals surface area contributed by atoms with Crippen molar-refractivity contribution in [3.05, 3.63) is 29.8 Å². The summed E-state index contributed by atoms with van der Waals surface area (Å²) < 4.78 is 0. The zero-order chi connectivity index (χ0) is 14.6. The Labute approximate surface area is 126 Å². The van der Waals surface area contributed by atoms with Crippen LogP contribution in [0.4, 0.5) is 5.69 Å². The maximum absolute atomic E-state index is 11.8. The molecule has 0 heterocycles. The van der Waals surface area contributed by atoms with Gasteiger partial charge in [0.25, 0.3) is 0 Å². The van der Waals surface area contributed by atoms with Gasteiger partial charge in [-0.15, -0.1) is 0 Å². The zero-order valence-corrected chi connectivity index (χ0v) is 11.1. The number of hydrogen-bond acceptors (Lipinski definition) is 3. The molecule has 0 aliphatic carbocycles. The van der Waals surface area contributed by atoms with Crippen LogP contribution in [0.5, 0.6) is 0 Å². The van der Waals surface area contributed by atoms with Gasteiger partial charge in [-0.1, -0.05) is 28.7 Å². The molecule has 2 N–H and O–H groups in total. The molecule has 0 bridgehead atoms. The van der Waals surface area contributed by atoms with Crippen LogP contribution in [0.1, 0.15) is 46.0 Å². The first kappa shape index (κ1) is 21.1. The Bertz CT molecular complexity index is 494. The van der Waals surface area contributed by atoms with Gasteiger partial charge in [0.05, 0.1) is 5.92 Å². The highest BCUT2D eigenvalue weighted by Gasteiger charge is 2.25. The number of carboxylic acids is 1. The molecule has 118 valence electrons. The first-order valence-corrected chi connectivity index (χ1v) is 5.97. The summed E-state index contributed by atoms with van der Waals surface area (Å²) in [5.74, 6) is -2.80. The number of rotatable bonds is 5. The molecule has 21 heavy (non-hydrogen) atoms. The summed E-state index contributed by atoms with van der Waals surface area (Å²) in [6.07, 6.45) is 0. The molecular weight excluding hydrogens is 270 g/mol. The minimum Gasteiger partial charge on any atom is -0.481 e. The molecular formula is C16H25NO4. The molecule has 0 saturated carbocycles. The monoisotopic (exact) mass is 295 g/mol. The molecule has 0 aliphatic rings. The van der Waals surface area contributed by atoms with Crippen molar-refractivity contribution in [3.8, 4) is 0 Å². The minimum absolute atomic E-state index is 0. The van der Waals surface area contributed by atoms with Crippen LogP contribution >= 0.6 is 0 Å². The summed E-state index contributed by atoms with van der Waals surface area (Å²) in [5, 5.41) is 11.5. The second-order valence-electron chi connectivity index (χ2n) is 4.54. The summed E-state index contributed by atoms with van der Waals surface area (Å²) in [5.41, 5.74) is 1.10. The lowest BCUT2D eigenvalue weighted by Crippen LogP contribution is -2.29. The molecule has 0 aliphatic heterocycles. The van der Waals surface area contributed by atoms with Gasteiger partial charge in [-0.3, -0.25) is 14.4 Å². The van der Waals surface area contributed by atoms with E-state index < -0.39 is 17.8 Å². The smallest absolute Gasteiger partial charge is 0.307 e. The van der Waals surface area contributed by atoms with Gasteiger partial charge in [-0.2, -0.15) is 0 Å². The normalized spacial score (nSPS) is 12.1. The summed E-state index contributed by atoms with van der Waals surface area (Å²) in [6.45, 7) is 4.52. The Balaban J connectivity index is 0. The number of amides is 1. The minimum atomic E-state index is -1.01. The quantitative estimate of drug-likeness (QED) is 0.815. The molecule has 1 amide bonds. The van der Waals surface area contributed by atoms with Crippen LogP contribution in [0.15, 0.2) is 24.3 Å². The van der Waals surface area contributed by atoms with E-state index in [1.807, 2.05) is 0 Å². The maximum atomic E-state index is 11.8. The number of aliphatic carboxylic acids is 1. The van der Waals surface area contributed by atoms with E-state index in [9.17, 15) is 14.4 Å². The van der Waals surface area contributed by atoms with Crippen molar-refractivity contribution < 1.29 is 19.5 Å². The summed E-state index contributed by atoms with van der Waals surface area (Å²) in [7, 11) is 0. The number of Topliss-reactive ketones (excluding diaryl/α,β-unsaturated/α-hetero) is 1. The average Bonchev–Trinajstić information content (AvgIpc) is 2.37. The number of benzene rings is 1. The van der Waals surface area contributed by atoms with E-state index in [-0.39, 0.29) is 26.5 Å². The highest BCUT2D eigenvalue weighted by Crippen LogP contribution is 2.16. The van der Waals surface area contributed by atoms with Crippen LogP contribution < -0.4 is 5.32 Å². The van der Waals surface area contributed by atoms with E-state index in [1.54, 1.807) is 31.2 Å². The van der Waals surface area contributed by atoms with Crippen molar-refractivity contribution in [2.75, 3.05) is 5.32 Å². The van der Waals surface area contributed by atoms with Crippen LogP contribution in [0.3, 0.4) is 0 Å². The third kappa shape index (κ3) is 5.77. The lowest BCUT2D eigenvalue weighted by molar-refractivity contribution is -0.145. The molecule has 5 nitrogen and oxygen atoms in total. The number of hydrogen-bond donors (Lipinski definition) is 2. The van der Waals surface area contributed by atoms with Gasteiger partial charge < -0.3 is 10.4 Å². The van der Waals surface area contributed by atoms with Gasteiger partial charge in [0.1, 0.15) is 0 Å². The number of carboxylic acid groups (broad SMARTS) is 1. The fraction of sp³-hybridized carbons (Fsp3) is 0.438. The lowest BCUT2D eigenvalue weighted by Gasteiger charge is -2.15. The van der Waals surface area contributed by atoms with Crippen LogP contribution in [-0.4, -0.2) is 22.8 Å². The third-order valence-corrected chi connectivity index (χ3v) is 3.11. The topological polar surface area (TPSA) is 83.5 Å². The van der Waals surface area contributed by atoms with Gasteiger partial charge in [-0.05, 0) is 31.2 Å². The first-order chi connectivity index (χ1) is 8.82. The second-order valence-corrected chi connectivity index (χ2v) is 4.54. The van der Waals surface area contributed by atoms with Crippen molar-refractivity contribution in [3.63, 3.8) is 0 Å². The van der Waals surface area contributed by atoms with E-state index in [0.29, 0.717) is 11.3 Å². The van der Waals surface area contributed by atoms with Gasteiger partial charge in [-0.25, -0.2) is 0 Å². The molecule has 2 atom stereocenters. The molecule has 2 unspecified atom stereocenters. The highest BCUT2D eigenvalue weighted by atomic mass is 16.4. The Kier molecular flexibility index (Phi) is 8.95. The molecule has 1 aromatic carbocycles. The van der Waals surface area contributed by atoms with Crippen molar-refractivity contribution in [1.29, 1.82) is 0 Å². The van der Waals surface area contributed by atoms with Crippen LogP contribution in [0.2, 0.25) is 0 Å². The standard InChI is InChI=1S/C14H17NO4.2CH4/c1-8(9(2)14(18)19)13(17)15-12-6-4-11(5-7-12)10(3)16;;/h4-9H,1-3H3,(H,15,17)(H,18,19);2*1H4. The third-order valence-electron chi connectivity index (χ3n) is 3.11. The van der Waals surface area contributed by atoms with Crippen molar-refractivity contribution >= 4 is 23.3 Å². The first-order valence-electron chi connectivity index (χ1n) is 5.97. The zero-order valence-electron chi connectivity index (χ0n) is 11.1. The fourth-order valence-corrected chi connectivity index (χ4v) is 1.49. The van der Waals surface area contributed by atoms with Gasteiger partial charge in [0.2, 0.25) is 5.91 Å². The molecule has 5 heteroatoms. The molecule has 0 spiro atoms. The fourth-order valence-electron chi connectivity index (χ4n) is 1.49. The van der Waals surface area contributed by atoms with E-state index in [2.05, 4.69) is 5.32 Å². The Morgan fingerprint density at radius 1 is 1.00 bits per heavy atom. The van der Waals surface area contributed by atoms with Crippen LogP contribution in [-0.2, 0) is 9.59 Å². The van der Waals surface area contributed by atoms with Gasteiger partial charge in [0.15, 0.2) is 5.78 Å². The molecule has 0 aromatic heterocycles. The molecule has 0 radical (unpaired) electrons. The van der Waals surface area contributed by atoms with E-state index in [0.717, 1.165) is 0 Å². The summed E-state index contributed by atoms with van der Waals surface area (Å²) >= 11 is 0. The highest BCUT2D eigenvalue weighted by molar-refractivity contribution is 5.97. The van der Waals surface area contributed by atoms with E-state index in [4.69, 9.17) is 5.11 Å². The van der Waals surface area contributed by atoms with Crippen molar-refractivity contribution in [2.24, 2.45) is 11.8 Å². The van der Waals surface area contributed by atoms with E-state index in [1.165, 1.54) is 13.8 Å². The van der Waals surface area contributed by atoms with Crippen LogP contribution in [0.25, 0.3) is 0 Å². The molecule has 1 rings (SSSR count). The largest absolute Gasteiger partial charge is 0.481 e. The number of nitrogens with one attached hydrogen (secondary N) is 1. The SMILES string of the molecule is C.C.CC(=O)c1ccc(NC(=O)C(C)C(C)C(=O)O)cc1. The molecule has 1 aromatic rings. The molecule has 0 fully saturated rings. The Hall–Kier alpha value is -2.17. The average molecular weight is 295 g/mol.